The van der Waals surface area contributed by atoms with Crippen molar-refractivity contribution in [3.63, 3.8) is 0 Å². The van der Waals surface area contributed by atoms with Crippen LogP contribution in [-0.2, 0) is 14.3 Å². The lowest BCUT2D eigenvalue weighted by Gasteiger charge is -2.32. The molecular formula is C34H37ClN6O4S. The van der Waals surface area contributed by atoms with Crippen LogP contribution in [0.1, 0.15) is 63.7 Å². The Labute approximate surface area is 277 Å². The number of piperidine rings is 1. The van der Waals surface area contributed by atoms with Gasteiger partial charge >= 0.3 is 5.97 Å². The second kappa shape index (κ2) is 13.6. The number of hydrogen-bond acceptors (Lipinski definition) is 8. The summed E-state index contributed by atoms with van der Waals surface area (Å²) < 4.78 is 4.79. The number of aliphatic imine (C=N–C) groups is 1. The summed E-state index contributed by atoms with van der Waals surface area (Å²) in [7, 11) is 1.33. The van der Waals surface area contributed by atoms with Gasteiger partial charge in [-0.2, -0.15) is 0 Å². The molecular weight excluding hydrogens is 624 g/mol. The van der Waals surface area contributed by atoms with Crippen molar-refractivity contribution in [2.45, 2.75) is 53.0 Å². The standard InChI is InChI=1S/C34H37ClN6O4S/c1-18-16-25(10-11-26(18)34(44)45-5)38-32(43)23-12-14-40(15-13-23)28(42)17-27-31(37)41(21(4)36)33-29(19(2)20(3)46-33)30(39-27)22-6-8-24(35)9-7-22/h6-11,16,23,27,36-37H,12-15,17H2,1-5H3,(H,38,43)/t27-/m0/s1. The van der Waals surface area contributed by atoms with Crippen LogP contribution in [0, 0.1) is 37.5 Å². The van der Waals surface area contributed by atoms with Crippen LogP contribution >= 0.6 is 22.9 Å². The number of aryl methyl sites for hydroxylation is 2. The number of likely N-dealkylation sites (tertiary alicyclic amines) is 1. The number of thiophene rings is 1. The van der Waals surface area contributed by atoms with Gasteiger partial charge in [0.25, 0.3) is 0 Å². The number of methoxy groups -OCH3 is 1. The molecule has 3 aromatic rings. The number of carbonyl (C=O) groups is 3. The summed E-state index contributed by atoms with van der Waals surface area (Å²) in [5.74, 6) is -0.722. The molecule has 0 spiro atoms. The first-order valence-electron chi connectivity index (χ1n) is 15.0. The predicted molar refractivity (Wildman–Crippen MR) is 183 cm³/mol. The number of hydrogen-bond donors (Lipinski definition) is 3. The van der Waals surface area contributed by atoms with Crippen molar-refractivity contribution in [1.29, 1.82) is 10.8 Å². The molecule has 0 radical (unpaired) electrons. The van der Waals surface area contributed by atoms with Gasteiger partial charge in [0.1, 0.15) is 22.7 Å². The molecule has 2 aliphatic heterocycles. The molecule has 1 aromatic heterocycles. The molecule has 1 fully saturated rings. The van der Waals surface area contributed by atoms with Crippen LogP contribution in [0.5, 0.6) is 0 Å². The van der Waals surface area contributed by atoms with Crippen LogP contribution < -0.4 is 10.2 Å². The molecule has 2 aliphatic rings. The number of amides is 2. The van der Waals surface area contributed by atoms with Gasteiger partial charge in [-0.25, -0.2) is 4.79 Å². The zero-order valence-electron chi connectivity index (χ0n) is 26.5. The molecule has 0 bridgehead atoms. The fourth-order valence-electron chi connectivity index (χ4n) is 5.90. The van der Waals surface area contributed by atoms with E-state index >= 15 is 0 Å². The molecule has 2 aromatic carbocycles. The van der Waals surface area contributed by atoms with E-state index < -0.39 is 12.0 Å². The monoisotopic (exact) mass is 660 g/mol. The Balaban J connectivity index is 1.31. The molecule has 0 aliphatic carbocycles. The lowest BCUT2D eigenvalue weighted by molar-refractivity contribution is -0.134. The van der Waals surface area contributed by atoms with E-state index in [-0.39, 0.29) is 35.8 Å². The third-order valence-corrected chi connectivity index (χ3v) is 10.0. The number of halogens is 1. The average molecular weight is 661 g/mol. The van der Waals surface area contributed by atoms with Crippen molar-refractivity contribution >= 4 is 68.8 Å². The zero-order valence-corrected chi connectivity index (χ0v) is 28.1. The molecule has 10 nitrogen and oxygen atoms in total. The van der Waals surface area contributed by atoms with Crippen molar-refractivity contribution in [3.05, 3.63) is 80.2 Å². The lowest BCUT2D eigenvalue weighted by Crippen LogP contribution is -2.45. The Morgan fingerprint density at radius 3 is 2.37 bits per heavy atom. The van der Waals surface area contributed by atoms with Gasteiger partial charge < -0.3 is 15.0 Å². The summed E-state index contributed by atoms with van der Waals surface area (Å²) in [6.45, 7) is 8.27. The van der Waals surface area contributed by atoms with Crippen molar-refractivity contribution in [2.24, 2.45) is 10.9 Å². The molecule has 240 valence electrons. The molecule has 12 heteroatoms. The van der Waals surface area contributed by atoms with E-state index in [1.165, 1.54) is 18.4 Å². The van der Waals surface area contributed by atoms with E-state index in [0.29, 0.717) is 53.5 Å². The molecule has 0 unspecified atom stereocenters. The van der Waals surface area contributed by atoms with Crippen molar-refractivity contribution in [2.75, 3.05) is 30.4 Å². The quantitative estimate of drug-likeness (QED) is 0.160. The van der Waals surface area contributed by atoms with E-state index in [4.69, 9.17) is 32.1 Å². The van der Waals surface area contributed by atoms with Gasteiger partial charge in [0.05, 0.1) is 24.8 Å². The highest BCUT2D eigenvalue weighted by Crippen LogP contribution is 2.40. The second-order valence-electron chi connectivity index (χ2n) is 11.6. The van der Waals surface area contributed by atoms with Gasteiger partial charge in [0, 0.05) is 45.7 Å². The second-order valence-corrected chi connectivity index (χ2v) is 13.3. The summed E-state index contributed by atoms with van der Waals surface area (Å²) in [5, 5.41) is 22.0. The molecule has 0 saturated carbocycles. The Morgan fingerprint density at radius 2 is 1.76 bits per heavy atom. The number of anilines is 2. The third-order valence-electron chi connectivity index (χ3n) is 8.59. The number of rotatable bonds is 6. The highest BCUT2D eigenvalue weighted by Gasteiger charge is 2.36. The number of amidine groups is 2. The Bertz CT molecular complexity index is 1760. The van der Waals surface area contributed by atoms with E-state index in [1.54, 1.807) is 54.0 Å². The molecule has 1 saturated heterocycles. The lowest BCUT2D eigenvalue weighted by atomic mass is 9.95. The average Bonchev–Trinajstić information content (AvgIpc) is 3.24. The highest BCUT2D eigenvalue weighted by atomic mass is 35.5. The molecule has 5 rings (SSSR count). The topological polar surface area (TPSA) is 139 Å². The van der Waals surface area contributed by atoms with Crippen molar-refractivity contribution < 1.29 is 19.1 Å². The van der Waals surface area contributed by atoms with Crippen LogP contribution in [0.3, 0.4) is 0 Å². The summed E-state index contributed by atoms with van der Waals surface area (Å²) in [6, 6.07) is 11.6. The zero-order chi connectivity index (χ0) is 33.3. The SMILES string of the molecule is COC(=O)c1ccc(NC(=O)C2CCN(C(=O)C[C@@H]3N=C(c4ccc(Cl)cc4)c4c(sc(C)c4C)N(C(C)=N)C3=N)CC2)cc1C. The van der Waals surface area contributed by atoms with Crippen LogP contribution in [0.2, 0.25) is 5.02 Å². The molecule has 2 amide bonds. The number of nitrogens with one attached hydrogen (secondary N) is 3. The molecule has 3 heterocycles. The number of nitrogens with zero attached hydrogens (tertiary/aromatic N) is 3. The predicted octanol–water partition coefficient (Wildman–Crippen LogP) is 6.38. The van der Waals surface area contributed by atoms with E-state index in [9.17, 15) is 14.4 Å². The van der Waals surface area contributed by atoms with E-state index in [1.807, 2.05) is 26.0 Å². The highest BCUT2D eigenvalue weighted by molar-refractivity contribution is 7.17. The molecule has 46 heavy (non-hydrogen) atoms. The van der Waals surface area contributed by atoms with E-state index in [2.05, 4.69) is 5.32 Å². The first-order valence-corrected chi connectivity index (χ1v) is 16.2. The summed E-state index contributed by atoms with van der Waals surface area (Å²) >= 11 is 7.70. The third kappa shape index (κ3) is 6.61. The number of esters is 1. The number of carbonyl (C=O) groups excluding carboxylic acids is 3. The number of fused-ring (bicyclic) bond motifs is 1. The minimum Gasteiger partial charge on any atom is -0.465 e. The maximum atomic E-state index is 13.7. The number of benzene rings is 2. The van der Waals surface area contributed by atoms with Crippen LogP contribution in [-0.4, -0.2) is 66.3 Å². The van der Waals surface area contributed by atoms with E-state index in [0.717, 1.165) is 26.6 Å². The van der Waals surface area contributed by atoms with Crippen molar-refractivity contribution in [3.8, 4) is 0 Å². The van der Waals surface area contributed by atoms with Crippen LogP contribution in [0.4, 0.5) is 10.7 Å². The minimum atomic E-state index is -0.810. The largest absolute Gasteiger partial charge is 0.465 e. The normalized spacial score (nSPS) is 16.8. The Morgan fingerprint density at radius 1 is 1.09 bits per heavy atom. The summed E-state index contributed by atoms with van der Waals surface area (Å²) in [6.07, 6.45) is 0.967. The summed E-state index contributed by atoms with van der Waals surface area (Å²) in [5.41, 5.74) is 5.12. The van der Waals surface area contributed by atoms with Gasteiger partial charge in [0.2, 0.25) is 11.8 Å². The molecule has 1 atom stereocenters. The molecule has 3 N–H and O–H groups in total. The van der Waals surface area contributed by atoms with Crippen LogP contribution in [0.25, 0.3) is 0 Å². The van der Waals surface area contributed by atoms with Gasteiger partial charge in [-0.05, 0) is 82.0 Å². The first kappa shape index (κ1) is 33.0. The van der Waals surface area contributed by atoms with Crippen molar-refractivity contribution in [1.82, 2.24) is 4.90 Å². The Hall–Kier alpha value is -4.35. The van der Waals surface area contributed by atoms with Gasteiger partial charge in [-0.3, -0.25) is 30.3 Å². The first-order chi connectivity index (χ1) is 21.9. The Kier molecular flexibility index (Phi) is 9.74. The summed E-state index contributed by atoms with van der Waals surface area (Å²) in [4.78, 5) is 48.1. The van der Waals surface area contributed by atoms with Crippen LogP contribution in [0.15, 0.2) is 47.5 Å². The maximum absolute atomic E-state index is 13.7. The maximum Gasteiger partial charge on any atom is 0.338 e. The van der Waals surface area contributed by atoms with Gasteiger partial charge in [0.15, 0.2) is 0 Å². The smallest absolute Gasteiger partial charge is 0.338 e. The number of ether oxygens (including phenoxy) is 1. The fraction of sp³-hybridized carbons (Fsp3) is 0.353. The van der Waals surface area contributed by atoms with Gasteiger partial charge in [-0.1, -0.05) is 23.7 Å². The fourth-order valence-corrected chi connectivity index (χ4v) is 7.25. The van der Waals surface area contributed by atoms with Gasteiger partial charge in [-0.15, -0.1) is 11.3 Å². The minimum absolute atomic E-state index is 0.0324.